The van der Waals surface area contributed by atoms with Crippen molar-refractivity contribution in [2.45, 2.75) is 65.4 Å². The van der Waals surface area contributed by atoms with Gasteiger partial charge in [0.05, 0.1) is 18.8 Å². The number of nitrogens with zero attached hydrogens (tertiary/aromatic N) is 1. The van der Waals surface area contributed by atoms with Gasteiger partial charge < -0.3 is 9.47 Å². The number of esters is 1. The second-order valence-corrected chi connectivity index (χ2v) is 9.43. The topological polar surface area (TPSA) is 38.8 Å². The molecule has 0 saturated carbocycles. The van der Waals surface area contributed by atoms with Crippen molar-refractivity contribution >= 4 is 5.97 Å². The maximum Gasteiger partial charge on any atom is 0.338 e. The molecular weight excluding hydrogens is 326 g/mol. The molecule has 26 heavy (non-hydrogen) atoms. The highest BCUT2D eigenvalue weighted by Crippen LogP contribution is 2.30. The van der Waals surface area contributed by atoms with Gasteiger partial charge in [0, 0.05) is 19.6 Å². The van der Waals surface area contributed by atoms with E-state index >= 15 is 0 Å². The molecule has 2 rings (SSSR count). The molecule has 1 fully saturated rings. The van der Waals surface area contributed by atoms with Gasteiger partial charge in [0.1, 0.15) is 6.10 Å². The van der Waals surface area contributed by atoms with Crippen LogP contribution in [0.1, 0.15) is 70.0 Å². The number of hydrogen-bond acceptors (Lipinski definition) is 4. The minimum atomic E-state index is -0.234. The van der Waals surface area contributed by atoms with Crippen molar-refractivity contribution in [2.24, 2.45) is 0 Å². The Balaban J connectivity index is 2.16. The number of carbonyl (C=O) groups excluding carboxylic acids is 1. The predicted octanol–water partition coefficient (Wildman–Crippen LogP) is 4.16. The van der Waals surface area contributed by atoms with Crippen LogP contribution in [0.5, 0.6) is 0 Å². The number of carbonyl (C=O) groups is 1. The second-order valence-electron chi connectivity index (χ2n) is 9.43. The van der Waals surface area contributed by atoms with Crippen molar-refractivity contribution in [3.63, 3.8) is 0 Å². The quantitative estimate of drug-likeness (QED) is 0.755. The molecule has 0 amide bonds. The number of hydrogen-bond donors (Lipinski definition) is 0. The third kappa shape index (κ3) is 5.82. The molecular formula is C22H35NO3. The zero-order valence-corrected chi connectivity index (χ0v) is 17.5. The summed E-state index contributed by atoms with van der Waals surface area (Å²) in [6.45, 7) is 19.0. The fraction of sp³-hybridized carbons (Fsp3) is 0.682. The first-order valence-corrected chi connectivity index (χ1v) is 9.64. The van der Waals surface area contributed by atoms with Gasteiger partial charge in [0.15, 0.2) is 0 Å². The van der Waals surface area contributed by atoms with E-state index in [1.165, 1.54) is 0 Å². The Morgan fingerprint density at radius 2 is 1.54 bits per heavy atom. The van der Waals surface area contributed by atoms with E-state index in [-0.39, 0.29) is 22.9 Å². The van der Waals surface area contributed by atoms with Crippen LogP contribution in [0, 0.1) is 0 Å². The molecule has 1 aliphatic rings. The molecule has 1 heterocycles. The van der Waals surface area contributed by atoms with Gasteiger partial charge in [-0.2, -0.15) is 0 Å². The monoisotopic (exact) mass is 361 g/mol. The Kier molecular flexibility index (Phi) is 6.51. The Bertz CT molecular complexity index is 587. The van der Waals surface area contributed by atoms with E-state index in [9.17, 15) is 4.79 Å². The third-order valence-corrected chi connectivity index (χ3v) is 4.83. The lowest BCUT2D eigenvalue weighted by Gasteiger charge is -2.29. The van der Waals surface area contributed by atoms with Crippen LogP contribution in [0.4, 0.5) is 0 Å². The molecule has 1 aromatic rings. The van der Waals surface area contributed by atoms with Crippen molar-refractivity contribution in [1.82, 2.24) is 4.90 Å². The molecule has 1 saturated heterocycles. The van der Waals surface area contributed by atoms with Crippen molar-refractivity contribution in [1.29, 1.82) is 0 Å². The van der Waals surface area contributed by atoms with Crippen LogP contribution in [-0.2, 0) is 20.3 Å². The number of rotatable bonds is 4. The molecule has 0 aromatic heterocycles. The van der Waals surface area contributed by atoms with E-state index in [2.05, 4.69) is 52.5 Å². The van der Waals surface area contributed by atoms with Crippen LogP contribution >= 0.6 is 0 Å². The van der Waals surface area contributed by atoms with Crippen LogP contribution in [-0.4, -0.2) is 49.8 Å². The zero-order valence-electron chi connectivity index (χ0n) is 17.5. The molecule has 0 radical (unpaired) electrons. The van der Waals surface area contributed by atoms with E-state index in [1.54, 1.807) is 0 Å². The van der Waals surface area contributed by atoms with E-state index in [4.69, 9.17) is 9.47 Å². The lowest BCUT2D eigenvalue weighted by molar-refractivity contribution is 0.000432. The van der Waals surface area contributed by atoms with Crippen LogP contribution in [0.3, 0.4) is 0 Å². The summed E-state index contributed by atoms with van der Waals surface area (Å²) >= 11 is 0. The average Bonchev–Trinajstić information content (AvgIpc) is 2.53. The van der Waals surface area contributed by atoms with E-state index < -0.39 is 0 Å². The summed E-state index contributed by atoms with van der Waals surface area (Å²) in [5.74, 6) is -0.234. The summed E-state index contributed by atoms with van der Waals surface area (Å²) in [7, 11) is 0. The van der Waals surface area contributed by atoms with E-state index in [0.717, 1.165) is 44.0 Å². The Morgan fingerprint density at radius 1 is 1.04 bits per heavy atom. The fourth-order valence-electron chi connectivity index (χ4n) is 3.05. The minimum Gasteiger partial charge on any atom is -0.458 e. The number of morpholine rings is 1. The molecule has 0 N–H and O–H groups in total. The standard InChI is InChI=1S/C22H35NO3/c1-16(15-23-8-10-25-11-9-23)26-20(24)17-12-18(21(2,3)4)14-19(13-17)22(5,6)7/h12-14,16H,8-11,15H2,1-7H3/t16-/m0/s1. The van der Waals surface area contributed by atoms with Crippen molar-refractivity contribution in [3.8, 4) is 0 Å². The van der Waals surface area contributed by atoms with Crippen LogP contribution < -0.4 is 0 Å². The van der Waals surface area contributed by atoms with E-state index in [0.29, 0.717) is 5.56 Å². The number of benzene rings is 1. The van der Waals surface area contributed by atoms with Crippen molar-refractivity contribution in [3.05, 3.63) is 34.9 Å². The molecule has 0 spiro atoms. The molecule has 1 aromatic carbocycles. The highest BCUT2D eigenvalue weighted by atomic mass is 16.5. The first kappa shape index (κ1) is 20.9. The SMILES string of the molecule is C[C@@H](CN1CCOCC1)OC(=O)c1cc(C(C)(C)C)cc(C(C)(C)C)c1. The average molecular weight is 362 g/mol. The first-order valence-electron chi connectivity index (χ1n) is 9.64. The first-order chi connectivity index (χ1) is 12.0. The van der Waals surface area contributed by atoms with Gasteiger partial charge in [-0.25, -0.2) is 4.79 Å². The minimum absolute atomic E-state index is 0.0181. The van der Waals surface area contributed by atoms with Crippen LogP contribution in [0.15, 0.2) is 18.2 Å². The normalized spacial score (nSPS) is 17.8. The smallest absolute Gasteiger partial charge is 0.338 e. The molecule has 1 aliphatic heterocycles. The maximum absolute atomic E-state index is 12.8. The Labute approximate surface area is 158 Å². The van der Waals surface area contributed by atoms with E-state index in [1.807, 2.05) is 19.1 Å². The third-order valence-electron chi connectivity index (χ3n) is 4.83. The van der Waals surface area contributed by atoms with Crippen molar-refractivity contribution < 1.29 is 14.3 Å². The largest absolute Gasteiger partial charge is 0.458 e. The van der Waals surface area contributed by atoms with Gasteiger partial charge in [-0.05, 0) is 41.0 Å². The molecule has 4 heteroatoms. The molecule has 0 unspecified atom stereocenters. The lowest BCUT2D eigenvalue weighted by atomic mass is 9.79. The molecule has 0 bridgehead atoms. The second kappa shape index (κ2) is 8.10. The molecule has 0 aliphatic carbocycles. The van der Waals surface area contributed by atoms with Crippen LogP contribution in [0.25, 0.3) is 0 Å². The molecule has 1 atom stereocenters. The van der Waals surface area contributed by atoms with Gasteiger partial charge in [-0.1, -0.05) is 47.6 Å². The molecule has 4 nitrogen and oxygen atoms in total. The summed E-state index contributed by atoms with van der Waals surface area (Å²) in [4.78, 5) is 15.1. The van der Waals surface area contributed by atoms with Crippen molar-refractivity contribution in [2.75, 3.05) is 32.8 Å². The highest BCUT2D eigenvalue weighted by molar-refractivity contribution is 5.90. The zero-order chi connectivity index (χ0) is 19.5. The Morgan fingerprint density at radius 3 is 2.00 bits per heavy atom. The molecule has 146 valence electrons. The summed E-state index contributed by atoms with van der Waals surface area (Å²) in [6, 6.07) is 6.19. The predicted molar refractivity (Wildman–Crippen MR) is 106 cm³/mol. The van der Waals surface area contributed by atoms with Gasteiger partial charge in [-0.15, -0.1) is 0 Å². The van der Waals surface area contributed by atoms with Gasteiger partial charge in [0.25, 0.3) is 0 Å². The van der Waals surface area contributed by atoms with Gasteiger partial charge in [0.2, 0.25) is 0 Å². The summed E-state index contributed by atoms with van der Waals surface area (Å²) in [6.07, 6.45) is -0.142. The van der Waals surface area contributed by atoms with Gasteiger partial charge >= 0.3 is 5.97 Å². The summed E-state index contributed by atoms with van der Waals surface area (Å²) in [5, 5.41) is 0. The summed E-state index contributed by atoms with van der Waals surface area (Å²) in [5.41, 5.74) is 2.94. The number of ether oxygens (including phenoxy) is 2. The summed E-state index contributed by atoms with van der Waals surface area (Å²) < 4.78 is 11.1. The lowest BCUT2D eigenvalue weighted by Crippen LogP contribution is -2.41. The fourth-order valence-corrected chi connectivity index (χ4v) is 3.05. The Hall–Kier alpha value is -1.39. The maximum atomic E-state index is 12.8. The van der Waals surface area contributed by atoms with Gasteiger partial charge in [-0.3, -0.25) is 4.90 Å². The highest BCUT2D eigenvalue weighted by Gasteiger charge is 2.24. The van der Waals surface area contributed by atoms with Crippen LogP contribution in [0.2, 0.25) is 0 Å².